The van der Waals surface area contributed by atoms with E-state index in [2.05, 4.69) is 241 Å². The molecule has 0 aliphatic carbocycles. The van der Waals surface area contributed by atoms with Crippen LogP contribution in [0.3, 0.4) is 0 Å². The van der Waals surface area contributed by atoms with Gasteiger partial charge in [-0.05, 0) is 122 Å². The minimum atomic E-state index is 0.904. The standard InChI is InChI=1S/C64H41NOS/c1-2-11-48-41-51(27-26-42(48)10-1)50-13-7-12-49(40-50)45-24-22-43(23-25-45)44-28-34-52(35-29-44)65(53-36-30-46(31-37-53)55-16-8-18-59-57-14-3-5-20-61(57)66-63(55)59)54-38-32-47(33-39-54)56-17-9-19-60-58-15-4-6-21-62(58)67-64(56)60/h1-41H. The van der Waals surface area contributed by atoms with Crippen molar-refractivity contribution in [1.82, 2.24) is 0 Å². The highest BCUT2D eigenvalue weighted by atomic mass is 32.1. The maximum atomic E-state index is 6.45. The van der Waals surface area contributed by atoms with E-state index in [0.29, 0.717) is 0 Å². The molecule has 67 heavy (non-hydrogen) atoms. The van der Waals surface area contributed by atoms with Crippen LogP contribution in [0, 0.1) is 0 Å². The predicted octanol–water partition coefficient (Wildman–Crippen LogP) is 18.9. The van der Waals surface area contributed by atoms with Gasteiger partial charge in [-0.2, -0.15) is 0 Å². The first-order valence-corrected chi connectivity index (χ1v) is 23.6. The van der Waals surface area contributed by atoms with Crippen molar-refractivity contribution in [2.45, 2.75) is 0 Å². The Labute approximate surface area is 392 Å². The summed E-state index contributed by atoms with van der Waals surface area (Å²) in [5, 5.41) is 7.40. The molecule has 2 nitrogen and oxygen atoms in total. The molecule has 0 bridgehead atoms. The van der Waals surface area contributed by atoms with Crippen molar-refractivity contribution in [3.63, 3.8) is 0 Å². The molecule has 0 atom stereocenters. The first kappa shape index (κ1) is 38.9. The van der Waals surface area contributed by atoms with Gasteiger partial charge in [0, 0.05) is 53.6 Å². The van der Waals surface area contributed by atoms with Crippen molar-refractivity contribution in [1.29, 1.82) is 0 Å². The number of thiophene rings is 1. The van der Waals surface area contributed by atoms with Gasteiger partial charge in [0.2, 0.25) is 0 Å². The molecule has 314 valence electrons. The normalized spacial score (nSPS) is 11.6. The van der Waals surface area contributed by atoms with Crippen molar-refractivity contribution < 1.29 is 4.42 Å². The Kier molecular flexibility index (Phi) is 9.40. The second-order valence-corrected chi connectivity index (χ2v) is 18.3. The predicted molar refractivity (Wildman–Crippen MR) is 286 cm³/mol. The van der Waals surface area contributed by atoms with Crippen molar-refractivity contribution in [3.05, 3.63) is 249 Å². The summed E-state index contributed by atoms with van der Waals surface area (Å²) in [7, 11) is 0. The molecule has 0 unspecified atom stereocenters. The van der Waals surface area contributed by atoms with Crippen LogP contribution in [0.2, 0.25) is 0 Å². The quantitative estimate of drug-likeness (QED) is 0.151. The van der Waals surface area contributed by atoms with Gasteiger partial charge in [-0.1, -0.05) is 188 Å². The first-order chi connectivity index (χ1) is 33.2. The molecule has 0 fully saturated rings. The van der Waals surface area contributed by atoms with Crippen LogP contribution < -0.4 is 4.90 Å². The Morgan fingerprint density at radius 2 is 0.776 bits per heavy atom. The summed E-state index contributed by atoms with van der Waals surface area (Å²) in [6.07, 6.45) is 0. The third kappa shape index (κ3) is 6.96. The van der Waals surface area contributed by atoms with E-state index in [-0.39, 0.29) is 0 Å². The van der Waals surface area contributed by atoms with Gasteiger partial charge in [-0.25, -0.2) is 0 Å². The molecule has 0 aliphatic heterocycles. The summed E-state index contributed by atoms with van der Waals surface area (Å²) in [6, 6.07) is 90.1. The lowest BCUT2D eigenvalue weighted by Crippen LogP contribution is -2.09. The van der Waals surface area contributed by atoms with Crippen molar-refractivity contribution in [2.24, 2.45) is 0 Å². The van der Waals surface area contributed by atoms with Crippen LogP contribution >= 0.6 is 11.3 Å². The number of hydrogen-bond donors (Lipinski definition) is 0. The molecule has 0 N–H and O–H groups in total. The van der Waals surface area contributed by atoms with Gasteiger partial charge in [0.15, 0.2) is 0 Å². The zero-order valence-corrected chi connectivity index (χ0v) is 37.3. The first-order valence-electron chi connectivity index (χ1n) is 22.8. The molecule has 0 amide bonds. The lowest BCUT2D eigenvalue weighted by molar-refractivity contribution is 0.670. The number of para-hydroxylation sites is 2. The number of rotatable bonds is 8. The van der Waals surface area contributed by atoms with Gasteiger partial charge in [-0.15, -0.1) is 11.3 Å². The van der Waals surface area contributed by atoms with E-state index in [4.69, 9.17) is 4.42 Å². The van der Waals surface area contributed by atoms with E-state index >= 15 is 0 Å². The molecule has 0 aliphatic rings. The highest BCUT2D eigenvalue weighted by molar-refractivity contribution is 7.26. The van der Waals surface area contributed by atoms with Crippen molar-refractivity contribution >= 4 is 81.3 Å². The Bertz CT molecular complexity index is 3800. The number of anilines is 3. The Hall–Kier alpha value is -8.50. The van der Waals surface area contributed by atoms with E-state index in [1.54, 1.807) is 0 Å². The van der Waals surface area contributed by atoms with Crippen LogP contribution in [0.4, 0.5) is 17.1 Å². The second kappa shape index (κ2) is 16.2. The maximum Gasteiger partial charge on any atom is 0.143 e. The fourth-order valence-corrected chi connectivity index (χ4v) is 11.1. The van der Waals surface area contributed by atoms with Gasteiger partial charge in [0.1, 0.15) is 11.2 Å². The minimum absolute atomic E-state index is 0.904. The molecule has 0 saturated heterocycles. The van der Waals surface area contributed by atoms with Crippen LogP contribution in [-0.4, -0.2) is 0 Å². The van der Waals surface area contributed by atoms with Gasteiger partial charge in [0.25, 0.3) is 0 Å². The molecular formula is C64H41NOS. The highest BCUT2D eigenvalue weighted by Crippen LogP contribution is 2.43. The highest BCUT2D eigenvalue weighted by Gasteiger charge is 2.17. The summed E-state index contributed by atoms with van der Waals surface area (Å²) >= 11 is 1.87. The number of fused-ring (bicyclic) bond motifs is 7. The van der Waals surface area contributed by atoms with E-state index in [1.807, 2.05) is 23.5 Å². The zero-order chi connectivity index (χ0) is 44.3. The summed E-state index contributed by atoms with van der Waals surface area (Å²) in [6.45, 7) is 0. The molecule has 0 spiro atoms. The molecule has 11 aromatic carbocycles. The van der Waals surface area contributed by atoms with Crippen LogP contribution in [0.25, 0.3) is 109 Å². The van der Waals surface area contributed by atoms with Crippen molar-refractivity contribution in [3.8, 4) is 55.6 Å². The number of nitrogens with zero attached hydrogens (tertiary/aromatic N) is 1. The molecule has 2 aromatic heterocycles. The van der Waals surface area contributed by atoms with E-state index in [0.717, 1.165) is 50.1 Å². The fraction of sp³-hybridized carbons (Fsp3) is 0. The van der Waals surface area contributed by atoms with Crippen LogP contribution in [0.15, 0.2) is 253 Å². The summed E-state index contributed by atoms with van der Waals surface area (Å²) in [5.74, 6) is 0. The third-order valence-corrected chi connectivity index (χ3v) is 14.5. The van der Waals surface area contributed by atoms with E-state index in [9.17, 15) is 0 Å². The molecule has 2 heterocycles. The lowest BCUT2D eigenvalue weighted by atomic mass is 9.96. The second-order valence-electron chi connectivity index (χ2n) is 17.3. The Morgan fingerprint density at radius 3 is 1.49 bits per heavy atom. The Morgan fingerprint density at radius 1 is 0.299 bits per heavy atom. The maximum absolute atomic E-state index is 6.45. The largest absolute Gasteiger partial charge is 0.455 e. The van der Waals surface area contributed by atoms with Gasteiger partial charge < -0.3 is 9.32 Å². The van der Waals surface area contributed by atoms with Gasteiger partial charge in [0.05, 0.1) is 0 Å². The smallest absolute Gasteiger partial charge is 0.143 e. The molecule has 13 aromatic rings. The van der Waals surface area contributed by atoms with Crippen LogP contribution in [0.5, 0.6) is 0 Å². The monoisotopic (exact) mass is 871 g/mol. The fourth-order valence-electron chi connectivity index (χ4n) is 9.88. The number of hydrogen-bond acceptors (Lipinski definition) is 3. The van der Waals surface area contributed by atoms with Crippen LogP contribution in [-0.2, 0) is 0 Å². The summed E-state index contributed by atoms with van der Waals surface area (Å²) in [5.41, 5.74) is 16.9. The average molecular weight is 872 g/mol. The zero-order valence-electron chi connectivity index (χ0n) is 36.4. The molecule has 0 radical (unpaired) electrons. The molecule has 3 heteroatoms. The summed E-state index contributed by atoms with van der Waals surface area (Å²) in [4.78, 5) is 2.35. The van der Waals surface area contributed by atoms with Crippen LogP contribution in [0.1, 0.15) is 0 Å². The summed E-state index contributed by atoms with van der Waals surface area (Å²) < 4.78 is 9.08. The topological polar surface area (TPSA) is 16.4 Å². The SMILES string of the molecule is c1cc(-c2ccc(-c3ccc(N(c4ccc(-c5cccc6c5oc5ccccc56)cc4)c4ccc(-c5cccc6c5sc5ccccc56)cc4)cc3)cc2)cc(-c2ccc3ccccc3c2)c1. The Balaban J connectivity index is 0.835. The van der Waals surface area contributed by atoms with Crippen molar-refractivity contribution in [2.75, 3.05) is 4.90 Å². The number of benzene rings is 11. The number of furan rings is 1. The van der Waals surface area contributed by atoms with E-state index < -0.39 is 0 Å². The van der Waals surface area contributed by atoms with Gasteiger partial charge in [-0.3, -0.25) is 0 Å². The van der Waals surface area contributed by atoms with E-state index in [1.165, 1.54) is 75.5 Å². The molecule has 13 rings (SSSR count). The average Bonchev–Trinajstić information content (AvgIpc) is 3.98. The third-order valence-electron chi connectivity index (χ3n) is 13.3. The lowest BCUT2D eigenvalue weighted by Gasteiger charge is -2.26. The molecular weight excluding hydrogens is 831 g/mol. The van der Waals surface area contributed by atoms with Gasteiger partial charge >= 0.3 is 0 Å². The molecule has 0 saturated carbocycles. The minimum Gasteiger partial charge on any atom is -0.455 e.